The van der Waals surface area contributed by atoms with Gasteiger partial charge in [-0.05, 0) is 55.8 Å². The molecule has 0 unspecified atom stereocenters. The number of hydrogen-bond donors (Lipinski definition) is 1. The maximum Gasteiger partial charge on any atom is 0.245 e. The van der Waals surface area contributed by atoms with Crippen molar-refractivity contribution in [2.75, 3.05) is 27.2 Å². The number of aromatic nitrogens is 1. The Morgan fingerprint density at radius 1 is 0.973 bits per heavy atom. The molecule has 6 rings (SSSR count). The van der Waals surface area contributed by atoms with Crippen LogP contribution in [-0.4, -0.2) is 65.5 Å². The van der Waals surface area contributed by atoms with Crippen molar-refractivity contribution in [1.29, 1.82) is 0 Å². The molecule has 37 heavy (non-hydrogen) atoms. The van der Waals surface area contributed by atoms with Gasteiger partial charge < -0.3 is 9.88 Å². The first-order valence-electron chi connectivity index (χ1n) is 12.9. The second-order valence-electron chi connectivity index (χ2n) is 10.0. The van der Waals surface area contributed by atoms with Crippen molar-refractivity contribution in [2.24, 2.45) is 9.98 Å². The highest BCUT2D eigenvalue weighted by Crippen LogP contribution is 2.29. The zero-order chi connectivity index (χ0) is 25.4. The van der Waals surface area contributed by atoms with Gasteiger partial charge >= 0.3 is 0 Å². The third-order valence-corrected chi connectivity index (χ3v) is 7.40. The van der Waals surface area contributed by atoms with Crippen molar-refractivity contribution in [3.8, 4) is 11.3 Å². The van der Waals surface area contributed by atoms with Crippen LogP contribution in [0.1, 0.15) is 30.0 Å². The largest absolute Gasteiger partial charge is 0.355 e. The fraction of sp³-hybridized carbons (Fsp3) is 0.258. The number of para-hydroxylation sites is 1. The number of nitrogens with zero attached hydrogens (tertiary/aromatic N) is 4. The molecule has 1 saturated heterocycles. The van der Waals surface area contributed by atoms with E-state index in [1.807, 2.05) is 60.3 Å². The monoisotopic (exact) mass is 489 g/mol. The van der Waals surface area contributed by atoms with Gasteiger partial charge in [0.05, 0.1) is 18.3 Å². The van der Waals surface area contributed by atoms with E-state index in [2.05, 4.69) is 53.5 Å². The number of amides is 1. The van der Waals surface area contributed by atoms with Crippen molar-refractivity contribution in [1.82, 2.24) is 14.8 Å². The van der Waals surface area contributed by atoms with Gasteiger partial charge in [0.15, 0.2) is 0 Å². The summed E-state index contributed by atoms with van der Waals surface area (Å²) in [7, 11) is 3.92. The molecule has 6 heteroatoms. The molecule has 3 heterocycles. The SMILES string of the molecule is CN(C)[C@@H](C(=O)N1CCC[C@H]1C1=NCC(c2ccc(-c3cc4ccccc4[nH]3)cc2)=N1)c1ccccc1. The van der Waals surface area contributed by atoms with Gasteiger partial charge in [-0.1, -0.05) is 72.8 Å². The van der Waals surface area contributed by atoms with Gasteiger partial charge in [0, 0.05) is 23.1 Å². The van der Waals surface area contributed by atoms with Gasteiger partial charge in [-0.25, -0.2) is 4.99 Å². The Hall–Kier alpha value is -4.03. The molecule has 1 aromatic heterocycles. The lowest BCUT2D eigenvalue weighted by Crippen LogP contribution is -2.45. The molecule has 0 spiro atoms. The summed E-state index contributed by atoms with van der Waals surface area (Å²) in [6, 6.07) is 28.6. The summed E-state index contributed by atoms with van der Waals surface area (Å²) in [5.74, 6) is 0.902. The molecule has 1 amide bonds. The summed E-state index contributed by atoms with van der Waals surface area (Å²) in [5, 5.41) is 1.21. The molecule has 3 aromatic carbocycles. The highest BCUT2D eigenvalue weighted by Gasteiger charge is 2.38. The lowest BCUT2D eigenvalue weighted by molar-refractivity contribution is -0.136. The van der Waals surface area contributed by atoms with Crippen LogP contribution in [0.25, 0.3) is 22.2 Å². The third-order valence-electron chi connectivity index (χ3n) is 7.40. The van der Waals surface area contributed by atoms with Crippen LogP contribution in [0.15, 0.2) is 94.9 Å². The van der Waals surface area contributed by atoms with Gasteiger partial charge in [0.25, 0.3) is 0 Å². The average molecular weight is 490 g/mol. The van der Waals surface area contributed by atoms with E-state index in [9.17, 15) is 4.79 Å². The number of aromatic amines is 1. The first-order valence-corrected chi connectivity index (χ1v) is 12.9. The van der Waals surface area contributed by atoms with Crippen molar-refractivity contribution in [3.63, 3.8) is 0 Å². The van der Waals surface area contributed by atoms with Crippen LogP contribution in [0.5, 0.6) is 0 Å². The number of nitrogens with one attached hydrogen (secondary N) is 1. The molecule has 4 aromatic rings. The Morgan fingerprint density at radius 2 is 1.70 bits per heavy atom. The molecule has 1 N–H and O–H groups in total. The number of likely N-dealkylation sites (tertiary alicyclic amines) is 1. The normalized spacial score (nSPS) is 18.4. The zero-order valence-electron chi connectivity index (χ0n) is 21.3. The smallest absolute Gasteiger partial charge is 0.245 e. The van der Waals surface area contributed by atoms with Crippen LogP contribution in [0.4, 0.5) is 0 Å². The molecule has 186 valence electrons. The van der Waals surface area contributed by atoms with E-state index < -0.39 is 0 Å². The summed E-state index contributed by atoms with van der Waals surface area (Å²) in [4.78, 5) is 30.9. The number of carbonyl (C=O) groups excluding carboxylic acids is 1. The van der Waals surface area contributed by atoms with E-state index in [1.54, 1.807) is 0 Å². The van der Waals surface area contributed by atoms with Gasteiger partial charge in [0.2, 0.25) is 5.91 Å². The fourth-order valence-corrected chi connectivity index (χ4v) is 5.52. The predicted molar refractivity (Wildman–Crippen MR) is 150 cm³/mol. The lowest BCUT2D eigenvalue weighted by atomic mass is 10.0. The molecule has 2 atom stereocenters. The summed E-state index contributed by atoms with van der Waals surface area (Å²) < 4.78 is 0. The van der Waals surface area contributed by atoms with E-state index in [0.29, 0.717) is 6.54 Å². The van der Waals surface area contributed by atoms with Crippen LogP contribution < -0.4 is 0 Å². The highest BCUT2D eigenvalue weighted by atomic mass is 16.2. The van der Waals surface area contributed by atoms with Crippen LogP contribution in [0, 0.1) is 0 Å². The summed E-state index contributed by atoms with van der Waals surface area (Å²) in [6.07, 6.45) is 1.87. The van der Waals surface area contributed by atoms with E-state index >= 15 is 0 Å². The quantitative estimate of drug-likeness (QED) is 0.398. The maximum absolute atomic E-state index is 13.7. The third kappa shape index (κ3) is 4.49. The van der Waals surface area contributed by atoms with Crippen LogP contribution in [-0.2, 0) is 4.79 Å². The van der Waals surface area contributed by atoms with Crippen molar-refractivity contribution in [3.05, 3.63) is 96.1 Å². The number of likely N-dealkylation sites (N-methyl/N-ethyl adjacent to an activating group) is 1. The van der Waals surface area contributed by atoms with Crippen LogP contribution in [0.3, 0.4) is 0 Å². The van der Waals surface area contributed by atoms with E-state index in [-0.39, 0.29) is 18.0 Å². The molecule has 0 saturated carbocycles. The Kier molecular flexibility index (Phi) is 6.18. The lowest BCUT2D eigenvalue weighted by Gasteiger charge is -2.31. The molecule has 0 aliphatic carbocycles. The Morgan fingerprint density at radius 3 is 2.46 bits per heavy atom. The first-order chi connectivity index (χ1) is 18.1. The van der Waals surface area contributed by atoms with Crippen LogP contribution >= 0.6 is 0 Å². The second-order valence-corrected chi connectivity index (χ2v) is 10.0. The fourth-order valence-electron chi connectivity index (χ4n) is 5.52. The molecular weight excluding hydrogens is 458 g/mol. The molecule has 2 aliphatic rings. The van der Waals surface area contributed by atoms with E-state index in [1.165, 1.54) is 5.39 Å². The molecular formula is C31H31N5O. The number of H-pyrrole nitrogens is 1. The van der Waals surface area contributed by atoms with E-state index in [0.717, 1.165) is 58.8 Å². The minimum Gasteiger partial charge on any atom is -0.355 e. The molecule has 6 nitrogen and oxygen atoms in total. The number of benzene rings is 3. The topological polar surface area (TPSA) is 64.1 Å². The molecule has 1 fully saturated rings. The van der Waals surface area contributed by atoms with E-state index in [4.69, 9.17) is 9.98 Å². The highest BCUT2D eigenvalue weighted by molar-refractivity contribution is 6.14. The van der Waals surface area contributed by atoms with Gasteiger partial charge in [0.1, 0.15) is 11.9 Å². The Balaban J connectivity index is 1.20. The Labute approximate surface area is 217 Å². The number of hydrogen-bond acceptors (Lipinski definition) is 4. The summed E-state index contributed by atoms with van der Waals surface area (Å²) in [5.41, 5.74) is 6.43. The summed E-state index contributed by atoms with van der Waals surface area (Å²) in [6.45, 7) is 1.29. The zero-order valence-corrected chi connectivity index (χ0v) is 21.3. The molecule has 0 radical (unpaired) electrons. The second kappa shape index (κ2) is 9.79. The minimum atomic E-state index is -0.315. The van der Waals surface area contributed by atoms with Gasteiger partial charge in [-0.3, -0.25) is 14.7 Å². The standard InChI is InChI=1S/C31H31N5O/c1-35(2)29(23-9-4-3-5-10-23)31(37)36-18-8-13-28(36)30-32-20-27(34-30)22-16-14-21(15-17-22)26-19-24-11-6-7-12-25(24)33-26/h3-7,9-12,14-17,19,28-29,33H,8,13,18,20H2,1-2H3/t28-,29+/m0/s1. The Bertz CT molecular complexity index is 1450. The number of aliphatic imine (C=N–C) groups is 2. The van der Waals surface area contributed by atoms with Crippen molar-refractivity contribution >= 4 is 28.4 Å². The van der Waals surface area contributed by atoms with Crippen molar-refractivity contribution in [2.45, 2.75) is 24.9 Å². The number of amidine groups is 1. The van der Waals surface area contributed by atoms with Crippen molar-refractivity contribution < 1.29 is 4.79 Å². The molecule has 2 aliphatic heterocycles. The minimum absolute atomic E-state index is 0.0678. The molecule has 0 bridgehead atoms. The summed E-state index contributed by atoms with van der Waals surface area (Å²) >= 11 is 0. The van der Waals surface area contributed by atoms with Crippen LogP contribution in [0.2, 0.25) is 0 Å². The number of fused-ring (bicyclic) bond motifs is 1. The van der Waals surface area contributed by atoms with Gasteiger partial charge in [-0.15, -0.1) is 0 Å². The number of carbonyl (C=O) groups is 1. The van der Waals surface area contributed by atoms with Gasteiger partial charge in [-0.2, -0.15) is 0 Å². The average Bonchev–Trinajstić information content (AvgIpc) is 3.68. The maximum atomic E-state index is 13.7. The predicted octanol–water partition coefficient (Wildman–Crippen LogP) is 5.33. The first kappa shape index (κ1) is 23.4. The number of rotatable bonds is 6.